The van der Waals surface area contributed by atoms with Gasteiger partial charge in [-0.15, -0.1) is 0 Å². The molecule has 0 bridgehead atoms. The Labute approximate surface area is 76.3 Å². The fourth-order valence-electron chi connectivity index (χ4n) is 0.332. The lowest BCUT2D eigenvalue weighted by Gasteiger charge is -2.19. The van der Waals surface area contributed by atoms with Crippen molar-refractivity contribution in [2.24, 2.45) is 0 Å². The lowest BCUT2D eigenvalue weighted by molar-refractivity contribution is -0.214. The molecule has 0 aliphatic heterocycles. The predicted molar refractivity (Wildman–Crippen MR) is 34.8 cm³/mol. The van der Waals surface area contributed by atoms with Gasteiger partial charge in [0.1, 0.15) is 3.92 Å². The molecule has 0 spiro atoms. The third-order valence-electron chi connectivity index (χ3n) is 0.882. The van der Waals surface area contributed by atoms with E-state index in [-0.39, 0.29) is 0 Å². The van der Waals surface area contributed by atoms with Gasteiger partial charge in [0.05, 0.1) is 0 Å². The van der Waals surface area contributed by atoms with E-state index in [0.29, 0.717) is 22.6 Å². The van der Waals surface area contributed by atoms with Crippen LogP contribution in [-0.4, -0.2) is 22.4 Å². The number of hydrogen-bond acceptors (Lipinski definition) is 0. The molecule has 0 nitrogen and oxygen atoms in total. The van der Waals surface area contributed by atoms with Crippen LogP contribution in [-0.2, 0) is 0 Å². The van der Waals surface area contributed by atoms with Crippen LogP contribution in [0.5, 0.6) is 0 Å². The number of rotatable bonds is 1. The molecular weight excluding hydrogens is 308 g/mol. The third-order valence-corrected chi connectivity index (χ3v) is 2.22. The Hall–Kier alpha value is 0.240. The first-order chi connectivity index (χ1) is 5.07. The normalized spacial score (nSPS) is 19.0. The lowest BCUT2D eigenvalue weighted by Crippen LogP contribution is -2.41. The van der Waals surface area contributed by atoms with Crippen molar-refractivity contribution in [1.29, 1.82) is 0 Å². The number of hydrogen-bond donors (Lipinski definition) is 0. The summed E-state index contributed by atoms with van der Waals surface area (Å²) in [5.41, 5.74) is 0. The van der Waals surface area contributed by atoms with Crippen LogP contribution in [0, 0.1) is 0 Å². The molecule has 0 fully saturated rings. The van der Waals surface area contributed by atoms with Gasteiger partial charge in [0.2, 0.25) is 6.17 Å². The zero-order valence-electron chi connectivity index (χ0n) is 5.18. The van der Waals surface area contributed by atoms with Crippen molar-refractivity contribution >= 4 is 22.6 Å². The second-order valence-electron chi connectivity index (χ2n) is 1.89. The highest BCUT2D eigenvalue weighted by Gasteiger charge is 2.54. The van der Waals surface area contributed by atoms with Gasteiger partial charge in [-0.1, -0.05) is 22.6 Å². The molecule has 0 aliphatic rings. The van der Waals surface area contributed by atoms with E-state index in [1.54, 1.807) is 0 Å². The zero-order valence-corrected chi connectivity index (χ0v) is 7.34. The Kier molecular flexibility index (Phi) is 3.61. The van der Waals surface area contributed by atoms with Crippen molar-refractivity contribution < 1.29 is 30.7 Å². The van der Waals surface area contributed by atoms with Gasteiger partial charge in [0.25, 0.3) is 0 Å². The molecular formula is C4H2F7I. The largest absolute Gasteiger partial charge is 0.421 e. The van der Waals surface area contributed by atoms with Crippen LogP contribution in [0.25, 0.3) is 0 Å². The molecule has 0 radical (unpaired) electrons. The highest BCUT2D eigenvalue weighted by Crippen LogP contribution is 2.37. The molecule has 8 heteroatoms. The summed E-state index contributed by atoms with van der Waals surface area (Å²) in [5, 5.41) is 0. The van der Waals surface area contributed by atoms with Gasteiger partial charge >= 0.3 is 12.4 Å². The van der Waals surface area contributed by atoms with Crippen molar-refractivity contribution in [3.8, 4) is 0 Å². The Morgan fingerprint density at radius 1 is 0.833 bits per heavy atom. The zero-order chi connectivity index (χ0) is 10.2. The summed E-state index contributed by atoms with van der Waals surface area (Å²) in [5.74, 6) is 0. The smallest absolute Gasteiger partial charge is 0.236 e. The molecule has 0 saturated heterocycles. The minimum absolute atomic E-state index is 0.380. The molecule has 0 aromatic rings. The summed E-state index contributed by atoms with van der Waals surface area (Å²) < 4.78 is 77.4. The number of alkyl halides is 8. The van der Waals surface area contributed by atoms with Crippen LogP contribution in [0.3, 0.4) is 0 Å². The van der Waals surface area contributed by atoms with E-state index < -0.39 is 22.4 Å². The fourth-order valence-corrected chi connectivity index (χ4v) is 0.740. The quantitative estimate of drug-likeness (QED) is 0.396. The fraction of sp³-hybridized carbons (Fsp3) is 1.00. The summed E-state index contributed by atoms with van der Waals surface area (Å²) in [7, 11) is 0. The lowest BCUT2D eigenvalue weighted by atomic mass is 10.2. The van der Waals surface area contributed by atoms with Crippen molar-refractivity contribution in [2.45, 2.75) is 22.4 Å². The van der Waals surface area contributed by atoms with E-state index in [2.05, 4.69) is 0 Å². The maximum atomic E-state index is 11.9. The van der Waals surface area contributed by atoms with Crippen LogP contribution in [0.4, 0.5) is 30.7 Å². The summed E-state index contributed by atoms with van der Waals surface area (Å²) in [6.07, 6.45) is -14.5. The van der Waals surface area contributed by atoms with E-state index >= 15 is 0 Å². The van der Waals surface area contributed by atoms with E-state index in [9.17, 15) is 30.7 Å². The highest BCUT2D eigenvalue weighted by molar-refractivity contribution is 14.1. The molecule has 0 N–H and O–H groups in total. The summed E-state index contributed by atoms with van der Waals surface area (Å²) >= 11 is 0.380. The second kappa shape index (κ2) is 3.54. The maximum absolute atomic E-state index is 11.9. The van der Waals surface area contributed by atoms with E-state index in [0.717, 1.165) is 0 Å². The topological polar surface area (TPSA) is 0 Å². The molecule has 0 heterocycles. The average Bonchev–Trinajstić information content (AvgIpc) is 1.80. The van der Waals surface area contributed by atoms with Crippen LogP contribution in [0.1, 0.15) is 0 Å². The highest BCUT2D eigenvalue weighted by atomic mass is 127. The van der Waals surface area contributed by atoms with Crippen LogP contribution < -0.4 is 0 Å². The first-order valence-electron chi connectivity index (χ1n) is 2.48. The molecule has 0 rings (SSSR count). The summed E-state index contributed by atoms with van der Waals surface area (Å²) in [6.45, 7) is 0. The SMILES string of the molecule is F[C@H]([C@H](I)C(F)(F)F)C(F)(F)F. The van der Waals surface area contributed by atoms with Crippen molar-refractivity contribution in [3.63, 3.8) is 0 Å². The van der Waals surface area contributed by atoms with Gasteiger partial charge in [-0.2, -0.15) is 26.3 Å². The third kappa shape index (κ3) is 3.31. The van der Waals surface area contributed by atoms with E-state index in [1.165, 1.54) is 0 Å². The summed E-state index contributed by atoms with van der Waals surface area (Å²) in [4.78, 5) is 0. The molecule has 12 heavy (non-hydrogen) atoms. The maximum Gasteiger partial charge on any atom is 0.421 e. The van der Waals surface area contributed by atoms with Gasteiger partial charge in [-0.3, -0.25) is 0 Å². The van der Waals surface area contributed by atoms with Gasteiger partial charge < -0.3 is 0 Å². The van der Waals surface area contributed by atoms with Gasteiger partial charge in [-0.25, -0.2) is 4.39 Å². The molecule has 0 aromatic heterocycles. The van der Waals surface area contributed by atoms with Crippen LogP contribution >= 0.6 is 22.6 Å². The first-order valence-corrected chi connectivity index (χ1v) is 3.73. The van der Waals surface area contributed by atoms with Crippen molar-refractivity contribution in [2.75, 3.05) is 0 Å². The van der Waals surface area contributed by atoms with Crippen LogP contribution in [0.2, 0.25) is 0 Å². The average molecular weight is 310 g/mol. The van der Waals surface area contributed by atoms with Crippen molar-refractivity contribution in [1.82, 2.24) is 0 Å². The summed E-state index contributed by atoms with van der Waals surface area (Å²) in [6, 6.07) is 0. The number of halogens is 8. The molecule has 0 aromatic carbocycles. The second-order valence-corrected chi connectivity index (χ2v) is 3.23. The molecule has 0 aliphatic carbocycles. The van der Waals surface area contributed by atoms with Gasteiger partial charge in [0.15, 0.2) is 0 Å². The Bertz CT molecular complexity index is 128. The monoisotopic (exact) mass is 310 g/mol. The first kappa shape index (κ1) is 12.2. The van der Waals surface area contributed by atoms with Gasteiger partial charge in [0, 0.05) is 0 Å². The standard InChI is InChI=1S/C4H2F7I/c5-1(3(6,7)8)2(12)4(9,10)11/h1-2H/t1-,2+/m1/s1. The van der Waals surface area contributed by atoms with E-state index in [1.807, 2.05) is 0 Å². The Morgan fingerprint density at radius 2 is 1.17 bits per heavy atom. The molecule has 0 amide bonds. The van der Waals surface area contributed by atoms with Crippen molar-refractivity contribution in [3.05, 3.63) is 0 Å². The van der Waals surface area contributed by atoms with Crippen LogP contribution in [0.15, 0.2) is 0 Å². The minimum atomic E-state index is -5.46. The Morgan fingerprint density at radius 3 is 1.25 bits per heavy atom. The molecule has 2 atom stereocenters. The van der Waals surface area contributed by atoms with E-state index in [4.69, 9.17) is 0 Å². The molecule has 74 valence electrons. The predicted octanol–water partition coefficient (Wildman–Crippen LogP) is 3.25. The molecule has 0 saturated carbocycles. The Balaban J connectivity index is 4.41. The molecule has 0 unspecified atom stereocenters. The van der Waals surface area contributed by atoms with Gasteiger partial charge in [-0.05, 0) is 0 Å². The minimum Gasteiger partial charge on any atom is -0.236 e.